The van der Waals surface area contributed by atoms with Crippen LogP contribution in [0.5, 0.6) is 0 Å². The fourth-order valence-corrected chi connectivity index (χ4v) is 3.69. The van der Waals surface area contributed by atoms with Gasteiger partial charge in [-0.15, -0.1) is 11.3 Å². The Bertz CT molecular complexity index is 772. The highest BCUT2D eigenvalue weighted by molar-refractivity contribution is 7.14. The summed E-state index contributed by atoms with van der Waals surface area (Å²) in [6.45, 7) is 7.33. The monoisotopic (exact) mass is 388 g/mol. The van der Waals surface area contributed by atoms with Crippen LogP contribution in [0.1, 0.15) is 24.3 Å². The van der Waals surface area contributed by atoms with E-state index in [2.05, 4.69) is 32.2 Å². The number of thiazole rings is 1. The summed E-state index contributed by atoms with van der Waals surface area (Å²) < 4.78 is 4.92. The van der Waals surface area contributed by atoms with E-state index in [1.807, 2.05) is 25.1 Å². The standard InChI is InChI=1S/C19H24N4O3S/c1-3-26-18(25)16-13-27-19(20-16)21-17(24)14(2)22-9-11-23(12-10-22)15-7-5-4-6-8-15/h4-8,13-14H,3,9-12H2,1-2H3,(H,20,21,24). The number of aromatic nitrogens is 1. The average Bonchev–Trinajstić information content (AvgIpc) is 3.17. The number of rotatable bonds is 6. The molecule has 0 radical (unpaired) electrons. The molecule has 1 aromatic carbocycles. The summed E-state index contributed by atoms with van der Waals surface area (Å²) in [5, 5.41) is 4.81. The largest absolute Gasteiger partial charge is 0.461 e. The summed E-state index contributed by atoms with van der Waals surface area (Å²) in [7, 11) is 0. The Kier molecular flexibility index (Phi) is 6.41. The van der Waals surface area contributed by atoms with Crippen LogP contribution in [-0.2, 0) is 9.53 Å². The predicted molar refractivity (Wildman–Crippen MR) is 106 cm³/mol. The first-order valence-corrected chi connectivity index (χ1v) is 9.94. The van der Waals surface area contributed by atoms with Gasteiger partial charge in [-0.1, -0.05) is 18.2 Å². The molecule has 0 bridgehead atoms. The normalized spacial score (nSPS) is 16.0. The van der Waals surface area contributed by atoms with Crippen molar-refractivity contribution in [2.75, 3.05) is 43.0 Å². The molecule has 1 atom stereocenters. The molecule has 2 aromatic rings. The maximum atomic E-state index is 12.6. The molecule has 27 heavy (non-hydrogen) atoms. The van der Waals surface area contributed by atoms with Crippen molar-refractivity contribution in [1.82, 2.24) is 9.88 Å². The van der Waals surface area contributed by atoms with Gasteiger partial charge >= 0.3 is 5.97 Å². The van der Waals surface area contributed by atoms with Crippen LogP contribution in [0.2, 0.25) is 0 Å². The van der Waals surface area contributed by atoms with Gasteiger partial charge in [0.25, 0.3) is 0 Å². The molecular weight excluding hydrogens is 364 g/mol. The zero-order valence-electron chi connectivity index (χ0n) is 15.6. The van der Waals surface area contributed by atoms with Gasteiger partial charge in [0.15, 0.2) is 10.8 Å². The molecule has 1 saturated heterocycles. The molecule has 1 amide bonds. The second kappa shape index (κ2) is 8.96. The van der Waals surface area contributed by atoms with E-state index < -0.39 is 5.97 Å². The van der Waals surface area contributed by atoms with Crippen LogP contribution >= 0.6 is 11.3 Å². The Balaban J connectivity index is 1.52. The number of carbonyl (C=O) groups excluding carboxylic acids is 2. The maximum Gasteiger partial charge on any atom is 0.357 e. The van der Waals surface area contributed by atoms with Gasteiger partial charge in [0, 0.05) is 37.2 Å². The smallest absolute Gasteiger partial charge is 0.357 e. The summed E-state index contributed by atoms with van der Waals surface area (Å²) in [5.74, 6) is -0.591. The fourth-order valence-electron chi connectivity index (χ4n) is 3.01. The van der Waals surface area contributed by atoms with Crippen LogP contribution in [-0.4, -0.2) is 60.6 Å². The zero-order chi connectivity index (χ0) is 19.2. The van der Waals surface area contributed by atoms with Gasteiger partial charge in [-0.25, -0.2) is 9.78 Å². The number of benzene rings is 1. The van der Waals surface area contributed by atoms with E-state index in [-0.39, 0.29) is 17.6 Å². The highest BCUT2D eigenvalue weighted by Crippen LogP contribution is 2.19. The molecule has 1 N–H and O–H groups in total. The molecule has 2 heterocycles. The van der Waals surface area contributed by atoms with Crippen molar-refractivity contribution in [3.8, 4) is 0 Å². The van der Waals surface area contributed by atoms with Crippen LogP contribution in [0.4, 0.5) is 10.8 Å². The second-order valence-corrected chi connectivity index (χ2v) is 7.14. The van der Waals surface area contributed by atoms with Crippen molar-refractivity contribution in [3.05, 3.63) is 41.4 Å². The van der Waals surface area contributed by atoms with Crippen LogP contribution in [0.3, 0.4) is 0 Å². The van der Waals surface area contributed by atoms with Crippen LogP contribution in [0.15, 0.2) is 35.7 Å². The van der Waals surface area contributed by atoms with E-state index in [9.17, 15) is 9.59 Å². The lowest BCUT2D eigenvalue weighted by Crippen LogP contribution is -2.52. The Morgan fingerprint density at radius 2 is 1.93 bits per heavy atom. The van der Waals surface area contributed by atoms with Gasteiger partial charge in [-0.2, -0.15) is 0 Å². The van der Waals surface area contributed by atoms with Crippen LogP contribution < -0.4 is 10.2 Å². The van der Waals surface area contributed by atoms with E-state index in [0.717, 1.165) is 26.2 Å². The number of piperazine rings is 1. The molecule has 1 aliphatic heterocycles. The molecule has 1 aromatic heterocycles. The Labute approximate surface area is 162 Å². The third kappa shape index (κ3) is 4.84. The fraction of sp³-hybridized carbons (Fsp3) is 0.421. The van der Waals surface area contributed by atoms with E-state index in [0.29, 0.717) is 11.7 Å². The van der Waals surface area contributed by atoms with Crippen molar-refractivity contribution < 1.29 is 14.3 Å². The van der Waals surface area contributed by atoms with Gasteiger partial charge in [0.05, 0.1) is 12.6 Å². The molecule has 1 fully saturated rings. The van der Waals surface area contributed by atoms with Gasteiger partial charge in [-0.05, 0) is 26.0 Å². The highest BCUT2D eigenvalue weighted by atomic mass is 32.1. The van der Waals surface area contributed by atoms with E-state index in [4.69, 9.17) is 4.74 Å². The zero-order valence-corrected chi connectivity index (χ0v) is 16.4. The summed E-state index contributed by atoms with van der Waals surface area (Å²) in [6, 6.07) is 10.0. The van der Waals surface area contributed by atoms with Crippen LogP contribution in [0.25, 0.3) is 0 Å². The van der Waals surface area contributed by atoms with Crippen LogP contribution in [0, 0.1) is 0 Å². The summed E-state index contributed by atoms with van der Waals surface area (Å²) >= 11 is 1.22. The number of hydrogen-bond acceptors (Lipinski definition) is 7. The van der Waals surface area contributed by atoms with Gasteiger partial charge in [-0.3, -0.25) is 9.69 Å². The van der Waals surface area contributed by atoms with E-state index in [1.165, 1.54) is 17.0 Å². The minimum Gasteiger partial charge on any atom is -0.461 e. The highest BCUT2D eigenvalue weighted by Gasteiger charge is 2.26. The SMILES string of the molecule is CCOC(=O)c1csc(NC(=O)C(C)N2CCN(c3ccccc3)CC2)n1. The van der Waals surface area contributed by atoms with Crippen molar-refractivity contribution in [2.24, 2.45) is 0 Å². The lowest BCUT2D eigenvalue weighted by molar-refractivity contribution is -0.120. The summed E-state index contributed by atoms with van der Waals surface area (Å²) in [5.41, 5.74) is 1.44. The van der Waals surface area contributed by atoms with Crippen molar-refractivity contribution in [1.29, 1.82) is 0 Å². The third-order valence-electron chi connectivity index (χ3n) is 4.58. The lowest BCUT2D eigenvalue weighted by Gasteiger charge is -2.38. The first kappa shape index (κ1) is 19.3. The number of ether oxygens (including phenoxy) is 1. The molecule has 144 valence electrons. The Morgan fingerprint density at radius 3 is 2.59 bits per heavy atom. The number of esters is 1. The number of para-hydroxylation sites is 1. The average molecular weight is 388 g/mol. The Hall–Kier alpha value is -2.45. The molecule has 0 saturated carbocycles. The summed E-state index contributed by atoms with van der Waals surface area (Å²) in [6.07, 6.45) is 0. The second-order valence-electron chi connectivity index (χ2n) is 6.28. The van der Waals surface area contributed by atoms with Crippen molar-refractivity contribution in [2.45, 2.75) is 19.9 Å². The number of amides is 1. The molecule has 3 rings (SSSR count). The number of carbonyl (C=O) groups is 2. The van der Waals surface area contributed by atoms with E-state index >= 15 is 0 Å². The first-order valence-electron chi connectivity index (χ1n) is 9.06. The lowest BCUT2D eigenvalue weighted by atomic mass is 10.2. The number of nitrogens with one attached hydrogen (secondary N) is 1. The van der Waals surface area contributed by atoms with Gasteiger partial charge in [0.2, 0.25) is 5.91 Å². The maximum absolute atomic E-state index is 12.6. The van der Waals surface area contributed by atoms with Crippen molar-refractivity contribution in [3.63, 3.8) is 0 Å². The number of hydrogen-bond donors (Lipinski definition) is 1. The molecule has 0 spiro atoms. The number of anilines is 2. The van der Waals surface area contributed by atoms with E-state index in [1.54, 1.807) is 12.3 Å². The molecule has 1 unspecified atom stereocenters. The summed E-state index contributed by atoms with van der Waals surface area (Å²) in [4.78, 5) is 32.8. The molecule has 1 aliphatic rings. The molecular formula is C19H24N4O3S. The minimum absolute atomic E-state index is 0.118. The quantitative estimate of drug-likeness (QED) is 0.767. The molecule has 8 heteroatoms. The Morgan fingerprint density at radius 1 is 1.22 bits per heavy atom. The van der Waals surface area contributed by atoms with Gasteiger partial charge in [0.1, 0.15) is 0 Å². The predicted octanol–water partition coefficient (Wildman–Crippen LogP) is 2.47. The van der Waals surface area contributed by atoms with Crippen molar-refractivity contribution >= 4 is 34.0 Å². The molecule has 0 aliphatic carbocycles. The third-order valence-corrected chi connectivity index (χ3v) is 5.34. The first-order chi connectivity index (χ1) is 13.1. The number of nitrogens with zero attached hydrogens (tertiary/aromatic N) is 3. The van der Waals surface area contributed by atoms with Gasteiger partial charge < -0.3 is 15.0 Å². The minimum atomic E-state index is -0.473. The molecule has 7 nitrogen and oxygen atoms in total. The topological polar surface area (TPSA) is 74.8 Å².